The molecule has 0 radical (unpaired) electrons. The summed E-state index contributed by atoms with van der Waals surface area (Å²) in [4.78, 5) is 0. The number of ether oxygens (including phenoxy) is 1. The van der Waals surface area contributed by atoms with Gasteiger partial charge in [0.25, 0.3) is 5.82 Å². The smallest absolute Gasteiger partial charge is 0.254 e. The number of nitrogens with zero attached hydrogens (tertiary/aromatic N) is 2. The van der Waals surface area contributed by atoms with Gasteiger partial charge < -0.3 is 33.8 Å². The van der Waals surface area contributed by atoms with E-state index in [1.165, 1.54) is 0 Å². The van der Waals surface area contributed by atoms with E-state index < -0.39 is 6.10 Å². The highest BCUT2D eigenvalue weighted by Gasteiger charge is 2.21. The van der Waals surface area contributed by atoms with E-state index in [2.05, 4.69) is 21.3 Å². The van der Waals surface area contributed by atoms with E-state index in [1.54, 1.807) is 12.1 Å². The molecule has 0 bridgehead atoms. The van der Waals surface area contributed by atoms with Crippen LogP contribution in [-0.2, 0) is 13.6 Å². The van der Waals surface area contributed by atoms with Gasteiger partial charge in [0.15, 0.2) is 11.0 Å². The van der Waals surface area contributed by atoms with Crippen LogP contribution in [0.5, 0.6) is 5.75 Å². The Morgan fingerprint density at radius 1 is 1.17 bits per heavy atom. The summed E-state index contributed by atoms with van der Waals surface area (Å²) in [5.41, 5.74) is 2.24. The SMILES string of the molecule is Cc1n(CC(O)COc2ccccc2Cl)c2ccccc2[n+]1C.[I-]. The first-order chi connectivity index (χ1) is 11.1. The number of para-hydroxylation sites is 3. The third-order valence-electron chi connectivity index (χ3n) is 4.07. The van der Waals surface area contributed by atoms with Crippen LogP contribution < -0.4 is 33.3 Å². The molecule has 1 heterocycles. The highest BCUT2D eigenvalue weighted by Crippen LogP contribution is 2.23. The van der Waals surface area contributed by atoms with Crippen LogP contribution in [0.4, 0.5) is 0 Å². The monoisotopic (exact) mass is 458 g/mol. The number of halogens is 2. The van der Waals surface area contributed by atoms with E-state index in [-0.39, 0.29) is 30.6 Å². The molecular formula is C18H20ClIN2O2. The first kappa shape index (κ1) is 19.0. The molecule has 0 saturated carbocycles. The van der Waals surface area contributed by atoms with Crippen molar-refractivity contribution in [1.29, 1.82) is 0 Å². The van der Waals surface area contributed by atoms with Gasteiger partial charge in [-0.3, -0.25) is 0 Å². The van der Waals surface area contributed by atoms with Crippen LogP contribution in [0.15, 0.2) is 48.5 Å². The largest absolute Gasteiger partial charge is 1.00 e. The number of fused-ring (bicyclic) bond motifs is 1. The van der Waals surface area contributed by atoms with Crippen LogP contribution in [0.2, 0.25) is 5.02 Å². The Balaban J connectivity index is 0.00000208. The van der Waals surface area contributed by atoms with Crippen LogP contribution in [0.1, 0.15) is 5.82 Å². The minimum atomic E-state index is -0.624. The van der Waals surface area contributed by atoms with Crippen molar-refractivity contribution in [3.05, 3.63) is 59.4 Å². The zero-order valence-corrected chi connectivity index (χ0v) is 16.5. The average molecular weight is 459 g/mol. The standard InChI is InChI=1S/C18H20ClN2O2.HI/c1-13-20(2)16-8-4-5-9-17(16)21(13)11-14(22)12-23-18-10-6-3-7-15(18)19;/h3-10,14,22H,11-12H2,1-2H3;1H/q+1;/p-1. The Bertz CT molecular complexity index is 835. The van der Waals surface area contributed by atoms with Crippen molar-refractivity contribution in [3.63, 3.8) is 0 Å². The van der Waals surface area contributed by atoms with Crippen molar-refractivity contribution in [2.75, 3.05) is 6.61 Å². The molecule has 1 atom stereocenters. The Morgan fingerprint density at radius 2 is 1.83 bits per heavy atom. The Labute approximate surface area is 163 Å². The van der Waals surface area contributed by atoms with Gasteiger partial charge in [0.2, 0.25) is 0 Å². The predicted octanol–water partition coefficient (Wildman–Crippen LogP) is -0.128. The third-order valence-corrected chi connectivity index (χ3v) is 4.38. The lowest BCUT2D eigenvalue weighted by Crippen LogP contribution is -3.00. The fourth-order valence-electron chi connectivity index (χ4n) is 2.75. The molecule has 3 rings (SSSR count). The molecule has 2 aromatic carbocycles. The van der Waals surface area contributed by atoms with Crippen LogP contribution in [0, 0.1) is 6.92 Å². The number of aliphatic hydroxyl groups excluding tert-OH is 1. The molecule has 1 aromatic heterocycles. The van der Waals surface area contributed by atoms with Crippen LogP contribution in [-0.4, -0.2) is 22.4 Å². The van der Waals surface area contributed by atoms with Gasteiger partial charge in [0.05, 0.1) is 12.1 Å². The summed E-state index contributed by atoms with van der Waals surface area (Å²) in [5.74, 6) is 1.68. The highest BCUT2D eigenvalue weighted by molar-refractivity contribution is 6.32. The van der Waals surface area contributed by atoms with E-state index in [0.717, 1.165) is 16.9 Å². The summed E-state index contributed by atoms with van der Waals surface area (Å²) < 4.78 is 9.86. The number of rotatable bonds is 5. The van der Waals surface area contributed by atoms with Crippen LogP contribution >= 0.6 is 11.6 Å². The lowest BCUT2D eigenvalue weighted by Gasteiger charge is -2.12. The van der Waals surface area contributed by atoms with E-state index in [9.17, 15) is 5.11 Å². The molecule has 0 fully saturated rings. The molecule has 6 heteroatoms. The number of aliphatic hydroxyl groups is 1. The second-order valence-corrected chi connectivity index (χ2v) is 6.01. The van der Waals surface area contributed by atoms with Gasteiger partial charge in [-0.2, -0.15) is 0 Å². The third kappa shape index (κ3) is 3.84. The first-order valence-electron chi connectivity index (χ1n) is 7.57. The fourth-order valence-corrected chi connectivity index (χ4v) is 2.94. The van der Waals surface area contributed by atoms with Crippen LogP contribution in [0.25, 0.3) is 11.0 Å². The normalized spacial score (nSPS) is 12.0. The molecule has 0 aliphatic carbocycles. The quantitative estimate of drug-likeness (QED) is 0.427. The average Bonchev–Trinajstić information content (AvgIpc) is 2.80. The Morgan fingerprint density at radius 3 is 2.58 bits per heavy atom. The molecule has 0 amide bonds. The van der Waals surface area contributed by atoms with E-state index in [1.807, 2.05) is 38.2 Å². The van der Waals surface area contributed by atoms with Gasteiger partial charge in [0, 0.05) is 6.92 Å². The number of hydrogen-bond donors (Lipinski definition) is 1. The molecule has 0 aliphatic rings. The maximum Gasteiger partial charge on any atom is 0.254 e. The minimum Gasteiger partial charge on any atom is -1.00 e. The van der Waals surface area contributed by atoms with E-state index in [4.69, 9.17) is 16.3 Å². The van der Waals surface area contributed by atoms with Crippen molar-refractivity contribution < 1.29 is 38.4 Å². The molecule has 24 heavy (non-hydrogen) atoms. The number of aromatic nitrogens is 2. The maximum absolute atomic E-state index is 10.3. The zero-order valence-electron chi connectivity index (χ0n) is 13.6. The van der Waals surface area contributed by atoms with Crippen molar-refractivity contribution in [1.82, 2.24) is 4.57 Å². The number of benzene rings is 2. The van der Waals surface area contributed by atoms with Crippen LogP contribution in [0.3, 0.4) is 0 Å². The molecular weight excluding hydrogens is 439 g/mol. The molecule has 0 saturated heterocycles. The van der Waals surface area contributed by atoms with Gasteiger partial charge in [0.1, 0.15) is 25.0 Å². The lowest BCUT2D eigenvalue weighted by molar-refractivity contribution is -0.652. The van der Waals surface area contributed by atoms with Crippen molar-refractivity contribution >= 4 is 22.6 Å². The van der Waals surface area contributed by atoms with E-state index >= 15 is 0 Å². The van der Waals surface area contributed by atoms with Gasteiger partial charge in [-0.05, 0) is 24.3 Å². The summed E-state index contributed by atoms with van der Waals surface area (Å²) in [6.45, 7) is 2.71. The molecule has 3 aromatic rings. The second kappa shape index (κ2) is 8.18. The first-order valence-corrected chi connectivity index (χ1v) is 7.95. The van der Waals surface area contributed by atoms with Gasteiger partial charge >= 0.3 is 0 Å². The molecule has 0 spiro atoms. The van der Waals surface area contributed by atoms with Gasteiger partial charge in [-0.15, -0.1) is 0 Å². The topological polar surface area (TPSA) is 38.3 Å². The summed E-state index contributed by atoms with van der Waals surface area (Å²) in [7, 11) is 2.03. The highest BCUT2D eigenvalue weighted by atomic mass is 127. The molecule has 4 nitrogen and oxygen atoms in total. The molecule has 0 aliphatic heterocycles. The zero-order chi connectivity index (χ0) is 16.4. The number of aryl methyl sites for hydroxylation is 1. The summed E-state index contributed by atoms with van der Waals surface area (Å²) >= 11 is 6.06. The fraction of sp³-hybridized carbons (Fsp3) is 0.278. The van der Waals surface area contributed by atoms with Crippen molar-refractivity contribution in [2.24, 2.45) is 7.05 Å². The molecule has 128 valence electrons. The second-order valence-electron chi connectivity index (χ2n) is 5.60. The number of hydrogen-bond acceptors (Lipinski definition) is 2. The Kier molecular flexibility index (Phi) is 6.48. The van der Waals surface area contributed by atoms with Gasteiger partial charge in [-0.25, -0.2) is 9.13 Å². The van der Waals surface area contributed by atoms with Crippen molar-refractivity contribution in [3.8, 4) is 5.75 Å². The van der Waals surface area contributed by atoms with Gasteiger partial charge in [-0.1, -0.05) is 35.9 Å². The summed E-state index contributed by atoms with van der Waals surface area (Å²) in [6.07, 6.45) is -0.624. The Hall–Kier alpha value is -1.31. The predicted molar refractivity (Wildman–Crippen MR) is 90.8 cm³/mol. The summed E-state index contributed by atoms with van der Waals surface area (Å²) in [6, 6.07) is 15.4. The van der Waals surface area contributed by atoms with Crippen molar-refractivity contribution in [2.45, 2.75) is 19.6 Å². The minimum absolute atomic E-state index is 0. The maximum atomic E-state index is 10.3. The lowest BCUT2D eigenvalue weighted by atomic mass is 10.3. The summed E-state index contributed by atoms with van der Waals surface area (Å²) in [5, 5.41) is 10.9. The molecule has 1 N–H and O–H groups in total. The molecule has 1 unspecified atom stereocenters. The van der Waals surface area contributed by atoms with E-state index in [0.29, 0.717) is 17.3 Å². The number of imidazole rings is 1.